The molecule has 30 heavy (non-hydrogen) atoms. The summed E-state index contributed by atoms with van der Waals surface area (Å²) in [6, 6.07) is 3.31. The van der Waals surface area contributed by atoms with Crippen molar-refractivity contribution < 1.29 is 13.5 Å². The second-order valence-corrected chi connectivity index (χ2v) is 9.14. The van der Waals surface area contributed by atoms with Gasteiger partial charge in [-0.25, -0.2) is 4.39 Å². The van der Waals surface area contributed by atoms with E-state index in [-0.39, 0.29) is 11.7 Å². The van der Waals surface area contributed by atoms with Crippen LogP contribution in [-0.2, 0) is 0 Å². The fraction of sp³-hybridized carbons (Fsp3) is 0.630. The molecule has 0 bridgehead atoms. The fourth-order valence-electron chi connectivity index (χ4n) is 5.31. The Morgan fingerprint density at radius 3 is 2.20 bits per heavy atom. The Bertz CT molecular complexity index is 708. The monoisotopic (exact) mass is 416 g/mol. The largest absolute Gasteiger partial charge is 0.491 e. The summed E-state index contributed by atoms with van der Waals surface area (Å²) in [4.78, 5) is 0. The average Bonchev–Trinajstić information content (AvgIpc) is 2.77. The van der Waals surface area contributed by atoms with Crippen LogP contribution in [0, 0.1) is 29.4 Å². The van der Waals surface area contributed by atoms with Crippen molar-refractivity contribution in [1.29, 1.82) is 0 Å². The molecule has 2 fully saturated rings. The molecule has 0 spiro atoms. The van der Waals surface area contributed by atoms with Gasteiger partial charge < -0.3 is 4.74 Å². The molecule has 2 saturated carbocycles. The van der Waals surface area contributed by atoms with E-state index in [1.54, 1.807) is 19.1 Å². The SMILES string of the molecule is C/C=C/C1CCC(/C=C/CCC2CCC(c3ccc(OCC)c(F)c3F)CC2)CC1. The lowest BCUT2D eigenvalue weighted by atomic mass is 9.77. The minimum atomic E-state index is -0.832. The Labute approximate surface area is 181 Å². The summed E-state index contributed by atoms with van der Waals surface area (Å²) >= 11 is 0. The standard InChI is InChI=1S/C27H38F2O/c1-3-7-20-10-12-21(13-11-20)8-5-6-9-22-14-16-23(17-15-22)24-18-19-25(30-4-2)27(29)26(24)28/h3,5,7-8,18-23H,4,6,9-17H2,1-2H3/b7-3+,8-5+. The fourth-order valence-corrected chi connectivity index (χ4v) is 5.31. The van der Waals surface area contributed by atoms with Crippen molar-refractivity contribution in [3.8, 4) is 5.75 Å². The van der Waals surface area contributed by atoms with Gasteiger partial charge in [0.25, 0.3) is 0 Å². The van der Waals surface area contributed by atoms with Gasteiger partial charge in [0.2, 0.25) is 5.82 Å². The quantitative estimate of drug-likeness (QED) is 0.387. The first-order valence-corrected chi connectivity index (χ1v) is 12.0. The second-order valence-electron chi connectivity index (χ2n) is 9.14. The molecule has 0 aromatic heterocycles. The van der Waals surface area contributed by atoms with Gasteiger partial charge in [-0.05, 0) is 113 Å². The van der Waals surface area contributed by atoms with Crippen LogP contribution < -0.4 is 4.74 Å². The van der Waals surface area contributed by atoms with Crippen molar-refractivity contribution in [1.82, 2.24) is 0 Å². The number of ether oxygens (including phenoxy) is 1. The van der Waals surface area contributed by atoms with Gasteiger partial charge in [-0.3, -0.25) is 0 Å². The van der Waals surface area contributed by atoms with E-state index in [1.807, 2.05) is 0 Å². The van der Waals surface area contributed by atoms with Gasteiger partial charge in [0.15, 0.2) is 11.6 Å². The predicted molar refractivity (Wildman–Crippen MR) is 121 cm³/mol. The van der Waals surface area contributed by atoms with Crippen molar-refractivity contribution >= 4 is 0 Å². The highest BCUT2D eigenvalue weighted by Crippen LogP contribution is 2.40. The summed E-state index contributed by atoms with van der Waals surface area (Å²) in [5, 5.41) is 0. The zero-order valence-electron chi connectivity index (χ0n) is 18.7. The van der Waals surface area contributed by atoms with Gasteiger partial charge in [-0.15, -0.1) is 0 Å². The number of halogens is 2. The minimum absolute atomic E-state index is 0.0227. The lowest BCUT2D eigenvalue weighted by Crippen LogP contribution is -2.15. The molecule has 2 aliphatic rings. The third-order valence-corrected chi connectivity index (χ3v) is 7.09. The van der Waals surface area contributed by atoms with Crippen molar-refractivity contribution in [3.63, 3.8) is 0 Å². The molecule has 3 rings (SSSR count). The first kappa shape index (κ1) is 23.0. The molecule has 0 unspecified atom stereocenters. The molecule has 0 aliphatic heterocycles. The topological polar surface area (TPSA) is 9.23 Å². The van der Waals surface area contributed by atoms with Gasteiger partial charge in [0.1, 0.15) is 0 Å². The summed E-state index contributed by atoms with van der Waals surface area (Å²) in [6.07, 6.45) is 21.2. The van der Waals surface area contributed by atoms with Crippen LogP contribution >= 0.6 is 0 Å². The van der Waals surface area contributed by atoms with Crippen molar-refractivity contribution in [2.75, 3.05) is 6.61 Å². The van der Waals surface area contributed by atoms with E-state index in [0.29, 0.717) is 18.1 Å². The third kappa shape index (κ3) is 6.18. The van der Waals surface area contributed by atoms with Gasteiger partial charge in [0, 0.05) is 0 Å². The van der Waals surface area contributed by atoms with E-state index in [2.05, 4.69) is 31.2 Å². The van der Waals surface area contributed by atoms with Crippen LogP contribution in [0.15, 0.2) is 36.4 Å². The van der Waals surface area contributed by atoms with E-state index in [9.17, 15) is 8.78 Å². The van der Waals surface area contributed by atoms with Crippen LogP contribution in [0.1, 0.15) is 89.5 Å². The molecule has 0 atom stereocenters. The Morgan fingerprint density at radius 1 is 0.900 bits per heavy atom. The van der Waals surface area contributed by atoms with E-state index in [0.717, 1.165) is 43.9 Å². The highest BCUT2D eigenvalue weighted by atomic mass is 19.2. The zero-order valence-corrected chi connectivity index (χ0v) is 18.7. The van der Waals surface area contributed by atoms with E-state index in [4.69, 9.17) is 4.74 Å². The van der Waals surface area contributed by atoms with Gasteiger partial charge in [0.05, 0.1) is 6.61 Å². The molecule has 0 saturated heterocycles. The first-order valence-electron chi connectivity index (χ1n) is 12.0. The Kier molecular flexibility index (Phi) is 8.96. The summed E-state index contributed by atoms with van der Waals surface area (Å²) in [6.45, 7) is 4.23. The molecule has 3 heteroatoms. The second kappa shape index (κ2) is 11.7. The highest BCUT2D eigenvalue weighted by molar-refractivity contribution is 5.33. The van der Waals surface area contributed by atoms with Gasteiger partial charge in [-0.1, -0.05) is 30.4 Å². The molecule has 1 aromatic carbocycles. The smallest absolute Gasteiger partial charge is 0.200 e. The van der Waals surface area contributed by atoms with Crippen LogP contribution in [0.5, 0.6) is 5.75 Å². The molecular formula is C27H38F2O. The lowest BCUT2D eigenvalue weighted by Gasteiger charge is -2.29. The lowest BCUT2D eigenvalue weighted by molar-refractivity contribution is 0.297. The number of hydrogen-bond donors (Lipinski definition) is 0. The van der Waals surface area contributed by atoms with Crippen LogP contribution in [0.4, 0.5) is 8.78 Å². The van der Waals surface area contributed by atoms with Crippen LogP contribution in [0.25, 0.3) is 0 Å². The highest BCUT2D eigenvalue weighted by Gasteiger charge is 2.26. The maximum absolute atomic E-state index is 14.5. The Hall–Kier alpha value is -1.64. The van der Waals surface area contributed by atoms with Gasteiger partial charge in [-0.2, -0.15) is 4.39 Å². The molecule has 0 radical (unpaired) electrons. The molecule has 0 N–H and O–H groups in total. The predicted octanol–water partition coefficient (Wildman–Crippen LogP) is 8.36. The number of hydrogen-bond acceptors (Lipinski definition) is 1. The maximum atomic E-state index is 14.5. The Balaban J connectivity index is 1.39. The molecule has 2 aliphatic carbocycles. The molecule has 1 nitrogen and oxygen atoms in total. The van der Waals surface area contributed by atoms with Crippen LogP contribution in [0.2, 0.25) is 0 Å². The van der Waals surface area contributed by atoms with E-state index >= 15 is 0 Å². The summed E-state index contributed by atoms with van der Waals surface area (Å²) in [5.41, 5.74) is 0.530. The normalized spacial score (nSPS) is 27.7. The van der Waals surface area contributed by atoms with Gasteiger partial charge >= 0.3 is 0 Å². The van der Waals surface area contributed by atoms with Crippen LogP contribution in [0.3, 0.4) is 0 Å². The summed E-state index contributed by atoms with van der Waals surface area (Å²) in [7, 11) is 0. The molecule has 166 valence electrons. The Morgan fingerprint density at radius 2 is 1.57 bits per heavy atom. The van der Waals surface area contributed by atoms with Crippen LogP contribution in [-0.4, -0.2) is 6.61 Å². The van der Waals surface area contributed by atoms with E-state index < -0.39 is 11.6 Å². The number of allylic oxidation sites excluding steroid dienone is 4. The van der Waals surface area contributed by atoms with E-state index in [1.165, 1.54) is 32.1 Å². The molecule has 0 heterocycles. The average molecular weight is 417 g/mol. The van der Waals surface area contributed by atoms with Crippen molar-refractivity contribution in [3.05, 3.63) is 53.6 Å². The minimum Gasteiger partial charge on any atom is -0.491 e. The van der Waals surface area contributed by atoms with Crippen molar-refractivity contribution in [2.45, 2.75) is 84.0 Å². The third-order valence-electron chi connectivity index (χ3n) is 7.09. The number of rotatable bonds is 8. The molecule has 0 amide bonds. The number of benzene rings is 1. The molecule has 1 aromatic rings. The first-order chi connectivity index (χ1) is 14.6. The maximum Gasteiger partial charge on any atom is 0.200 e. The molecular weight excluding hydrogens is 378 g/mol. The summed E-state index contributed by atoms with van der Waals surface area (Å²) in [5.74, 6) is 0.886. The zero-order chi connectivity index (χ0) is 21.3. The summed E-state index contributed by atoms with van der Waals surface area (Å²) < 4.78 is 33.8. The van der Waals surface area contributed by atoms with Crippen molar-refractivity contribution in [2.24, 2.45) is 17.8 Å².